The molecule has 0 saturated carbocycles. The molecule has 1 N–H and O–H groups in total. The molecule has 2 heterocycles. The molecule has 0 aliphatic carbocycles. The predicted octanol–water partition coefficient (Wildman–Crippen LogP) is 5.33. The average molecular weight is 537 g/mol. The van der Waals surface area contributed by atoms with Gasteiger partial charge in [-0.2, -0.15) is 13.2 Å². The minimum atomic E-state index is -4.91. The number of anilines is 2. The van der Waals surface area contributed by atoms with E-state index in [-0.39, 0.29) is 23.3 Å². The summed E-state index contributed by atoms with van der Waals surface area (Å²) in [7, 11) is 1.98. The van der Waals surface area contributed by atoms with Gasteiger partial charge in [0.25, 0.3) is 5.91 Å². The maximum absolute atomic E-state index is 15.4. The molecule has 0 aromatic heterocycles. The van der Waals surface area contributed by atoms with Crippen LogP contribution in [0.5, 0.6) is 0 Å². The Hall–Kier alpha value is -3.24. The molecule has 2 amide bonds. The summed E-state index contributed by atoms with van der Waals surface area (Å²) in [6.07, 6.45) is -3.91. The van der Waals surface area contributed by atoms with Crippen LogP contribution in [-0.2, 0) is 9.59 Å². The van der Waals surface area contributed by atoms with Gasteiger partial charge < -0.3 is 10.2 Å². The second kappa shape index (κ2) is 10.3. The summed E-state index contributed by atoms with van der Waals surface area (Å²) in [6, 6.07) is 9.27. The van der Waals surface area contributed by atoms with Crippen molar-refractivity contribution < 1.29 is 27.2 Å². The molecule has 3 atom stereocenters. The molecule has 1 unspecified atom stereocenters. The summed E-state index contributed by atoms with van der Waals surface area (Å²) in [5.74, 6) is -4.52. The zero-order valence-electron chi connectivity index (χ0n) is 20.3. The number of piperazine rings is 1. The van der Waals surface area contributed by atoms with Crippen LogP contribution in [-0.4, -0.2) is 61.3 Å². The van der Waals surface area contributed by atoms with Crippen LogP contribution in [0.2, 0.25) is 5.02 Å². The van der Waals surface area contributed by atoms with Crippen LogP contribution >= 0.6 is 11.6 Å². The standard InChI is InChI=1S/C26H25ClF4N4O2/c1-14-12-35(13-15(2)34(14)3)23-10-21(28)18(16-4-6-17(27)7-5-16)8-22(23)33-25(37)19-11-32-24(36)9-20(19)26(29,30)31/h4-11,14-15,19H,12-13H2,1-3H3,(H,33,37)/t14-,15+,19?. The number of nitrogens with one attached hydrogen (secondary N) is 1. The molecule has 37 heavy (non-hydrogen) atoms. The molecule has 1 fully saturated rings. The van der Waals surface area contributed by atoms with E-state index in [9.17, 15) is 22.8 Å². The predicted molar refractivity (Wildman–Crippen MR) is 136 cm³/mol. The van der Waals surface area contributed by atoms with Crippen molar-refractivity contribution in [3.63, 3.8) is 0 Å². The second-order valence-electron chi connectivity index (χ2n) is 9.31. The first kappa shape index (κ1) is 26.8. The lowest BCUT2D eigenvalue weighted by molar-refractivity contribution is -0.124. The molecule has 6 nitrogen and oxygen atoms in total. The number of hydrogen-bond donors (Lipinski definition) is 1. The molecule has 0 bridgehead atoms. The van der Waals surface area contributed by atoms with Gasteiger partial charge in [0, 0.05) is 48.0 Å². The fourth-order valence-corrected chi connectivity index (χ4v) is 4.67. The van der Waals surface area contributed by atoms with Gasteiger partial charge in [-0.25, -0.2) is 9.38 Å². The molecule has 4 rings (SSSR count). The van der Waals surface area contributed by atoms with Gasteiger partial charge in [0.05, 0.1) is 16.9 Å². The van der Waals surface area contributed by atoms with Gasteiger partial charge in [-0.3, -0.25) is 14.5 Å². The highest BCUT2D eigenvalue weighted by Gasteiger charge is 2.43. The van der Waals surface area contributed by atoms with Gasteiger partial charge in [0.1, 0.15) is 11.7 Å². The van der Waals surface area contributed by atoms with E-state index in [4.69, 9.17) is 11.6 Å². The number of nitrogens with zero attached hydrogens (tertiary/aromatic N) is 3. The summed E-state index contributed by atoms with van der Waals surface area (Å²) in [4.78, 5) is 32.1. The van der Waals surface area contributed by atoms with E-state index in [1.54, 1.807) is 24.3 Å². The van der Waals surface area contributed by atoms with E-state index in [0.29, 0.717) is 41.7 Å². The fourth-order valence-electron chi connectivity index (χ4n) is 4.54. The van der Waals surface area contributed by atoms with E-state index in [1.165, 1.54) is 12.1 Å². The van der Waals surface area contributed by atoms with E-state index >= 15 is 4.39 Å². The monoisotopic (exact) mass is 536 g/mol. The highest BCUT2D eigenvalue weighted by Crippen LogP contribution is 2.38. The molecule has 2 aromatic carbocycles. The van der Waals surface area contributed by atoms with Crippen LogP contribution in [0.15, 0.2) is 53.0 Å². The summed E-state index contributed by atoms with van der Waals surface area (Å²) in [5.41, 5.74) is -0.202. The number of aliphatic imine (C=N–C) groups is 1. The lowest BCUT2D eigenvalue weighted by Crippen LogP contribution is -2.55. The Morgan fingerprint density at radius 3 is 2.32 bits per heavy atom. The lowest BCUT2D eigenvalue weighted by atomic mass is 9.95. The number of benzene rings is 2. The van der Waals surface area contributed by atoms with Crippen molar-refractivity contribution in [3.8, 4) is 11.1 Å². The third-order valence-corrected chi connectivity index (χ3v) is 7.03. The lowest BCUT2D eigenvalue weighted by Gasteiger charge is -2.44. The molecule has 2 aliphatic heterocycles. The number of amides is 2. The number of carbonyl (C=O) groups excluding carboxylic acids is 2. The summed E-state index contributed by atoms with van der Waals surface area (Å²) < 4.78 is 56.2. The summed E-state index contributed by atoms with van der Waals surface area (Å²) in [6.45, 7) is 5.04. The SMILES string of the molecule is C[C@@H]1CN(c2cc(F)c(-c3ccc(Cl)cc3)cc2NC(=O)C2C=NC(=O)C=C2C(F)(F)F)C[C@H](C)N1C. The smallest absolute Gasteiger partial charge is 0.367 e. The Bertz CT molecular complexity index is 1260. The van der Waals surface area contributed by atoms with Crippen LogP contribution in [0.3, 0.4) is 0 Å². The normalized spacial score (nSPS) is 22.7. The van der Waals surface area contributed by atoms with Crippen molar-refractivity contribution in [1.82, 2.24) is 4.90 Å². The topological polar surface area (TPSA) is 65.0 Å². The molecular weight excluding hydrogens is 512 g/mol. The van der Waals surface area contributed by atoms with E-state index in [2.05, 4.69) is 15.2 Å². The van der Waals surface area contributed by atoms with Gasteiger partial charge in [0.2, 0.25) is 5.91 Å². The minimum Gasteiger partial charge on any atom is -0.367 e. The molecule has 11 heteroatoms. The summed E-state index contributed by atoms with van der Waals surface area (Å²) in [5, 5.41) is 3.01. The van der Waals surface area contributed by atoms with Crippen LogP contribution in [0.1, 0.15) is 13.8 Å². The van der Waals surface area contributed by atoms with E-state index in [1.807, 2.05) is 25.8 Å². The minimum absolute atomic E-state index is 0.0996. The van der Waals surface area contributed by atoms with Gasteiger partial charge in [-0.05, 0) is 50.7 Å². The maximum atomic E-state index is 15.4. The number of dihydropyridines is 1. The third kappa shape index (κ3) is 5.70. The first-order valence-corrected chi connectivity index (χ1v) is 12.0. The molecular formula is C26H25ClF4N4O2. The molecule has 0 radical (unpaired) electrons. The average Bonchev–Trinajstić information content (AvgIpc) is 2.83. The van der Waals surface area contributed by atoms with Crippen LogP contribution in [0, 0.1) is 11.7 Å². The Kier molecular flexibility index (Phi) is 7.43. The number of halogens is 5. The Balaban J connectivity index is 1.76. The highest BCUT2D eigenvalue weighted by atomic mass is 35.5. The Labute approximate surface area is 216 Å². The fraction of sp³-hybridized carbons (Fsp3) is 0.346. The quantitative estimate of drug-likeness (QED) is 0.537. The number of rotatable bonds is 4. The Morgan fingerprint density at radius 2 is 1.73 bits per heavy atom. The maximum Gasteiger partial charge on any atom is 0.414 e. The molecule has 1 saturated heterocycles. The van der Waals surface area contributed by atoms with Crippen molar-refractivity contribution in [1.29, 1.82) is 0 Å². The number of alkyl halides is 3. The van der Waals surface area contributed by atoms with Gasteiger partial charge >= 0.3 is 6.18 Å². The molecule has 2 aliphatic rings. The van der Waals surface area contributed by atoms with E-state index in [0.717, 1.165) is 0 Å². The molecule has 2 aromatic rings. The van der Waals surface area contributed by atoms with Gasteiger partial charge in [-0.1, -0.05) is 23.7 Å². The zero-order chi connectivity index (χ0) is 27.1. The second-order valence-corrected chi connectivity index (χ2v) is 9.74. The van der Waals surface area contributed by atoms with Crippen molar-refractivity contribution in [2.45, 2.75) is 32.1 Å². The van der Waals surface area contributed by atoms with Crippen molar-refractivity contribution >= 4 is 41.0 Å². The highest BCUT2D eigenvalue weighted by molar-refractivity contribution is 6.30. The molecule has 0 spiro atoms. The number of hydrogen-bond acceptors (Lipinski definition) is 4. The number of likely N-dealkylation sites (N-methyl/N-ethyl adjacent to an activating group) is 1. The Morgan fingerprint density at radius 1 is 1.11 bits per heavy atom. The van der Waals surface area contributed by atoms with Crippen molar-refractivity contribution in [2.24, 2.45) is 10.9 Å². The van der Waals surface area contributed by atoms with Crippen molar-refractivity contribution in [3.05, 3.63) is 58.9 Å². The zero-order valence-corrected chi connectivity index (χ0v) is 21.1. The van der Waals surface area contributed by atoms with Gasteiger partial charge in [0.15, 0.2) is 0 Å². The first-order chi connectivity index (χ1) is 17.3. The van der Waals surface area contributed by atoms with Crippen LogP contribution < -0.4 is 10.2 Å². The van der Waals surface area contributed by atoms with Crippen LogP contribution in [0.25, 0.3) is 11.1 Å². The summed E-state index contributed by atoms with van der Waals surface area (Å²) >= 11 is 5.96. The molecule has 196 valence electrons. The largest absolute Gasteiger partial charge is 0.414 e. The van der Waals surface area contributed by atoms with Crippen LogP contribution in [0.4, 0.5) is 28.9 Å². The van der Waals surface area contributed by atoms with Gasteiger partial charge in [-0.15, -0.1) is 0 Å². The first-order valence-electron chi connectivity index (χ1n) is 11.6. The number of carbonyl (C=O) groups is 2. The third-order valence-electron chi connectivity index (χ3n) is 6.77. The van der Waals surface area contributed by atoms with E-state index < -0.39 is 35.3 Å². The van der Waals surface area contributed by atoms with Crippen molar-refractivity contribution in [2.75, 3.05) is 30.4 Å².